The molecular weight excluding hydrogens is 272 g/mol. The van der Waals surface area contributed by atoms with E-state index in [4.69, 9.17) is 0 Å². The highest BCUT2D eigenvalue weighted by Crippen LogP contribution is 2.44. The van der Waals surface area contributed by atoms with Gasteiger partial charge in [0.15, 0.2) is 5.78 Å². The van der Waals surface area contributed by atoms with E-state index in [1.165, 1.54) is 22.2 Å². The predicted molar refractivity (Wildman–Crippen MR) is 86.7 cm³/mol. The lowest BCUT2D eigenvalue weighted by atomic mass is 9.74. The number of H-pyrrole nitrogens is 1. The van der Waals surface area contributed by atoms with Gasteiger partial charge in [0.2, 0.25) is 0 Å². The van der Waals surface area contributed by atoms with Crippen molar-refractivity contribution in [2.45, 2.75) is 25.3 Å². The highest BCUT2D eigenvalue weighted by atomic mass is 16.1. The summed E-state index contributed by atoms with van der Waals surface area (Å²) in [7, 11) is 0. The number of fused-ring (bicyclic) bond motifs is 6. The summed E-state index contributed by atoms with van der Waals surface area (Å²) in [5.41, 5.74) is 4.18. The van der Waals surface area contributed by atoms with Gasteiger partial charge in [0.25, 0.3) is 0 Å². The van der Waals surface area contributed by atoms with Crippen molar-refractivity contribution in [3.8, 4) is 0 Å². The van der Waals surface area contributed by atoms with Gasteiger partial charge in [-0.05, 0) is 42.4 Å². The number of carbonyl (C=O) groups excluding carboxylic acids is 1. The third kappa shape index (κ3) is 1.75. The van der Waals surface area contributed by atoms with Gasteiger partial charge in [-0.1, -0.05) is 24.3 Å². The quantitative estimate of drug-likeness (QED) is 0.809. The summed E-state index contributed by atoms with van der Waals surface area (Å²) in [5.74, 6) is 1.40. The fourth-order valence-corrected chi connectivity index (χ4v) is 4.75. The molecule has 0 unspecified atom stereocenters. The van der Waals surface area contributed by atoms with Gasteiger partial charge in [0, 0.05) is 36.1 Å². The second kappa shape index (κ2) is 4.56. The summed E-state index contributed by atoms with van der Waals surface area (Å²) in [6.07, 6.45) is 6.95. The number of nitrogens with one attached hydrogen (secondary N) is 1. The van der Waals surface area contributed by atoms with Crippen LogP contribution in [0, 0.1) is 11.8 Å². The topological polar surface area (TPSA) is 36.1 Å². The maximum atomic E-state index is 11.8. The van der Waals surface area contributed by atoms with Crippen LogP contribution < -0.4 is 0 Å². The van der Waals surface area contributed by atoms with Crippen LogP contribution in [-0.2, 0) is 11.2 Å². The van der Waals surface area contributed by atoms with E-state index in [2.05, 4.69) is 40.2 Å². The van der Waals surface area contributed by atoms with Crippen LogP contribution in [0.15, 0.2) is 36.4 Å². The second-order valence-corrected chi connectivity index (χ2v) is 7.01. The minimum atomic E-state index is 0.308. The molecule has 1 fully saturated rings. The highest BCUT2D eigenvalue weighted by Gasteiger charge is 2.40. The van der Waals surface area contributed by atoms with E-state index in [0.717, 1.165) is 32.4 Å². The molecule has 3 aliphatic rings. The third-order valence-electron chi connectivity index (χ3n) is 5.84. The van der Waals surface area contributed by atoms with Crippen molar-refractivity contribution in [2.75, 3.05) is 13.1 Å². The minimum Gasteiger partial charge on any atom is -0.357 e. The van der Waals surface area contributed by atoms with Crippen LogP contribution in [0.3, 0.4) is 0 Å². The second-order valence-electron chi connectivity index (χ2n) is 7.01. The normalized spacial score (nSPS) is 30.9. The fourth-order valence-electron chi connectivity index (χ4n) is 4.75. The zero-order valence-electron chi connectivity index (χ0n) is 12.6. The largest absolute Gasteiger partial charge is 0.357 e. The standard InChI is InChI=1S/C19H20N2O/c22-14-6-5-12-11-21-8-7-16-15-3-1-2-4-17(15)20-19(16)18(21)10-13(12)9-14/h1-6,12-13,18,20H,7-11H2/t12-,13-,18-/m0/s1. The number of nitrogens with zero attached hydrogens (tertiary/aromatic N) is 1. The number of aromatic nitrogens is 1. The lowest BCUT2D eigenvalue weighted by Crippen LogP contribution is -2.46. The number of aromatic amines is 1. The number of rotatable bonds is 0. The molecular formula is C19H20N2O. The molecule has 2 aromatic rings. The molecule has 1 aromatic carbocycles. The average molecular weight is 292 g/mol. The van der Waals surface area contributed by atoms with Crippen molar-refractivity contribution in [1.29, 1.82) is 0 Å². The highest BCUT2D eigenvalue weighted by molar-refractivity contribution is 5.90. The Bertz CT molecular complexity index is 788. The molecule has 0 spiro atoms. The summed E-state index contributed by atoms with van der Waals surface area (Å²) < 4.78 is 0. The first-order valence-corrected chi connectivity index (χ1v) is 8.34. The van der Waals surface area contributed by atoms with Crippen molar-refractivity contribution in [1.82, 2.24) is 9.88 Å². The van der Waals surface area contributed by atoms with Crippen molar-refractivity contribution in [3.05, 3.63) is 47.7 Å². The Morgan fingerprint density at radius 1 is 1.23 bits per heavy atom. The fraction of sp³-hybridized carbons (Fsp3) is 0.421. The van der Waals surface area contributed by atoms with Gasteiger partial charge < -0.3 is 4.98 Å². The molecule has 2 aliphatic heterocycles. The zero-order chi connectivity index (χ0) is 14.7. The van der Waals surface area contributed by atoms with Gasteiger partial charge >= 0.3 is 0 Å². The first-order chi connectivity index (χ1) is 10.8. The van der Waals surface area contributed by atoms with E-state index in [-0.39, 0.29) is 0 Å². The summed E-state index contributed by atoms with van der Waals surface area (Å²) in [6, 6.07) is 9.11. The van der Waals surface area contributed by atoms with Crippen molar-refractivity contribution >= 4 is 16.7 Å². The van der Waals surface area contributed by atoms with Gasteiger partial charge in [-0.15, -0.1) is 0 Å². The van der Waals surface area contributed by atoms with Crippen LogP contribution in [0.1, 0.15) is 30.1 Å². The van der Waals surface area contributed by atoms with Crippen molar-refractivity contribution < 1.29 is 4.79 Å². The Hall–Kier alpha value is -1.87. The van der Waals surface area contributed by atoms with Gasteiger partial charge in [-0.25, -0.2) is 0 Å². The van der Waals surface area contributed by atoms with E-state index >= 15 is 0 Å². The summed E-state index contributed by atoms with van der Waals surface area (Å²) >= 11 is 0. The molecule has 22 heavy (non-hydrogen) atoms. The molecule has 1 N–H and O–H groups in total. The minimum absolute atomic E-state index is 0.308. The van der Waals surface area contributed by atoms with Crippen LogP contribution >= 0.6 is 0 Å². The number of hydrogen-bond donors (Lipinski definition) is 1. The monoisotopic (exact) mass is 292 g/mol. The van der Waals surface area contributed by atoms with Crippen LogP contribution in [0.4, 0.5) is 0 Å². The van der Waals surface area contributed by atoms with Gasteiger partial charge in [-0.2, -0.15) is 0 Å². The first-order valence-electron chi connectivity index (χ1n) is 8.34. The number of hydrogen-bond acceptors (Lipinski definition) is 2. The smallest absolute Gasteiger partial charge is 0.155 e. The summed E-state index contributed by atoms with van der Waals surface area (Å²) in [5, 5.41) is 1.39. The number of para-hydroxylation sites is 1. The van der Waals surface area contributed by atoms with E-state index in [9.17, 15) is 4.79 Å². The molecule has 1 aliphatic carbocycles. The Labute approximate surface area is 130 Å². The Balaban J connectivity index is 1.57. The molecule has 5 rings (SSSR count). The number of ketones is 1. The third-order valence-corrected chi connectivity index (χ3v) is 5.84. The average Bonchev–Trinajstić information content (AvgIpc) is 2.92. The maximum absolute atomic E-state index is 11.8. The number of benzene rings is 1. The van der Waals surface area contributed by atoms with Gasteiger partial charge in [-0.3, -0.25) is 9.69 Å². The van der Waals surface area contributed by atoms with E-state index in [1.807, 2.05) is 0 Å². The molecule has 3 nitrogen and oxygen atoms in total. The molecule has 3 heterocycles. The van der Waals surface area contributed by atoms with Crippen molar-refractivity contribution in [3.63, 3.8) is 0 Å². The Kier molecular flexibility index (Phi) is 2.62. The molecule has 1 aromatic heterocycles. The molecule has 0 bridgehead atoms. The number of allylic oxidation sites excluding steroid dienone is 1. The molecule has 1 saturated heterocycles. The SMILES string of the molecule is O=C1C=C[C@H]2CN3CCc4c([nH]c5ccccc45)[C@@H]3C[C@@H]2C1. The molecule has 0 amide bonds. The van der Waals surface area contributed by atoms with Gasteiger partial charge in [0.1, 0.15) is 0 Å². The molecule has 0 saturated carbocycles. The Morgan fingerprint density at radius 2 is 2.14 bits per heavy atom. The van der Waals surface area contributed by atoms with Crippen LogP contribution in [-0.4, -0.2) is 28.8 Å². The molecule has 0 radical (unpaired) electrons. The number of carbonyl (C=O) groups is 1. The molecule has 3 atom stereocenters. The van der Waals surface area contributed by atoms with Gasteiger partial charge in [0.05, 0.1) is 6.04 Å². The zero-order valence-corrected chi connectivity index (χ0v) is 12.6. The lowest BCUT2D eigenvalue weighted by molar-refractivity contribution is -0.117. The van der Waals surface area contributed by atoms with Crippen LogP contribution in [0.25, 0.3) is 10.9 Å². The van der Waals surface area contributed by atoms with Crippen LogP contribution in [0.5, 0.6) is 0 Å². The predicted octanol–water partition coefficient (Wildman–Crippen LogP) is 3.23. The van der Waals surface area contributed by atoms with E-state index in [1.54, 1.807) is 6.08 Å². The lowest BCUT2D eigenvalue weighted by Gasteiger charge is -2.46. The maximum Gasteiger partial charge on any atom is 0.155 e. The van der Waals surface area contributed by atoms with E-state index in [0.29, 0.717) is 23.7 Å². The van der Waals surface area contributed by atoms with Crippen LogP contribution in [0.2, 0.25) is 0 Å². The molecule has 112 valence electrons. The number of piperidine rings is 1. The summed E-state index contributed by atoms with van der Waals surface area (Å²) in [4.78, 5) is 18.1. The summed E-state index contributed by atoms with van der Waals surface area (Å²) in [6.45, 7) is 2.25. The van der Waals surface area contributed by atoms with Crippen molar-refractivity contribution in [2.24, 2.45) is 11.8 Å². The Morgan fingerprint density at radius 3 is 3.09 bits per heavy atom. The van der Waals surface area contributed by atoms with E-state index < -0.39 is 0 Å². The first kappa shape index (κ1) is 12.7. The molecule has 3 heteroatoms.